The van der Waals surface area contributed by atoms with E-state index in [4.69, 9.17) is 5.73 Å². The van der Waals surface area contributed by atoms with Crippen LogP contribution in [-0.4, -0.2) is 79.1 Å². The molecule has 4 N–H and O–H groups in total. The maximum absolute atomic E-state index is 13.2. The van der Waals surface area contributed by atoms with Crippen LogP contribution in [0.3, 0.4) is 0 Å². The van der Waals surface area contributed by atoms with Crippen molar-refractivity contribution in [2.24, 2.45) is 5.73 Å². The Balaban J connectivity index is 1.57. The Morgan fingerprint density at radius 2 is 2.09 bits per heavy atom. The topological polar surface area (TPSA) is 182 Å². The summed E-state index contributed by atoms with van der Waals surface area (Å²) in [4.78, 5) is 40.2. The highest BCUT2D eigenvalue weighted by Gasteiger charge is 2.64. The molecule has 13 nitrogen and oxygen atoms in total. The predicted octanol–water partition coefficient (Wildman–Crippen LogP) is -1.03. The average Bonchev–Trinajstić information content (AvgIpc) is 3.53. The number of nitrogens with two attached hydrogens (primary N) is 1. The average molecular weight is 529 g/mol. The van der Waals surface area contributed by atoms with Gasteiger partial charge in [0.15, 0.2) is 5.82 Å². The monoisotopic (exact) mass is 528 g/mol. The van der Waals surface area contributed by atoms with Crippen LogP contribution < -0.4 is 16.4 Å². The van der Waals surface area contributed by atoms with Crippen LogP contribution in [0.15, 0.2) is 17.5 Å². The lowest BCUT2D eigenvalue weighted by molar-refractivity contribution is -0.152. The van der Waals surface area contributed by atoms with Crippen LogP contribution in [0.25, 0.3) is 0 Å². The molecule has 0 aliphatic carbocycles. The highest BCUT2D eigenvalue weighted by Crippen LogP contribution is 2.57. The molecule has 2 aromatic rings. The van der Waals surface area contributed by atoms with Crippen LogP contribution in [0.5, 0.6) is 0 Å². The summed E-state index contributed by atoms with van der Waals surface area (Å²) < 4.78 is 25.1. The fourth-order valence-corrected chi connectivity index (χ4v) is 7.22. The lowest BCUT2D eigenvalue weighted by Gasteiger charge is -2.44. The molecule has 2 aliphatic heterocycles. The normalized spacial score (nSPS) is 24.3. The summed E-state index contributed by atoms with van der Waals surface area (Å²) in [5, 5.41) is 17.7. The van der Waals surface area contributed by atoms with Crippen molar-refractivity contribution < 1.29 is 22.8 Å². The summed E-state index contributed by atoms with van der Waals surface area (Å²) in [5.41, 5.74) is 5.38. The van der Waals surface area contributed by atoms with Crippen molar-refractivity contribution in [2.45, 2.75) is 49.0 Å². The van der Waals surface area contributed by atoms with E-state index in [1.165, 1.54) is 34.9 Å². The van der Waals surface area contributed by atoms with Gasteiger partial charge in [-0.15, -0.1) is 32.3 Å². The van der Waals surface area contributed by atoms with Crippen molar-refractivity contribution in [2.75, 3.05) is 12.3 Å². The van der Waals surface area contributed by atoms with Gasteiger partial charge in [-0.1, -0.05) is 6.07 Å². The van der Waals surface area contributed by atoms with E-state index in [1.807, 2.05) is 13.8 Å². The number of thiophene rings is 1. The highest BCUT2D eigenvalue weighted by atomic mass is 32.2. The Bertz CT molecular complexity index is 1210. The number of fused-ring (bicyclic) bond motifs is 1. The third-order valence-electron chi connectivity index (χ3n) is 5.66. The van der Waals surface area contributed by atoms with Crippen molar-refractivity contribution in [3.8, 4) is 0 Å². The molecule has 16 heteroatoms. The number of nitrogens with zero attached hydrogens (tertiary/aromatic N) is 5. The van der Waals surface area contributed by atoms with Gasteiger partial charge in [-0.2, -0.15) is 0 Å². The lowest BCUT2D eigenvalue weighted by Crippen LogP contribution is -2.68. The first-order chi connectivity index (χ1) is 16.0. The number of thioether (sulfide) groups is 1. The molecule has 2 aromatic heterocycles. The van der Waals surface area contributed by atoms with Crippen LogP contribution in [0, 0.1) is 0 Å². The van der Waals surface area contributed by atoms with Crippen molar-refractivity contribution in [3.05, 3.63) is 28.2 Å². The summed E-state index contributed by atoms with van der Waals surface area (Å²) in [6.07, 6.45) is 0. The van der Waals surface area contributed by atoms with E-state index in [-0.39, 0.29) is 24.0 Å². The molecule has 4 heterocycles. The van der Waals surface area contributed by atoms with Gasteiger partial charge in [-0.3, -0.25) is 14.4 Å². The molecule has 3 unspecified atom stereocenters. The summed E-state index contributed by atoms with van der Waals surface area (Å²) in [6.45, 7) is 4.92. The van der Waals surface area contributed by atoms with Gasteiger partial charge in [0.25, 0.3) is 10.0 Å². The second kappa shape index (κ2) is 8.90. The Hall–Kier alpha value is -2.56. The van der Waals surface area contributed by atoms with Gasteiger partial charge in [0, 0.05) is 9.62 Å². The van der Waals surface area contributed by atoms with E-state index in [2.05, 4.69) is 26.2 Å². The van der Waals surface area contributed by atoms with E-state index in [1.54, 1.807) is 17.5 Å². The van der Waals surface area contributed by atoms with Gasteiger partial charge in [-0.05, 0) is 42.6 Å². The Labute approximate surface area is 203 Å². The lowest BCUT2D eigenvalue weighted by atomic mass is 9.95. The molecule has 2 aliphatic rings. The highest BCUT2D eigenvalue weighted by molar-refractivity contribution is 8.01. The minimum Gasteiger partial charge on any atom is -0.340 e. The zero-order valence-electron chi connectivity index (χ0n) is 18.5. The summed E-state index contributed by atoms with van der Waals surface area (Å²) in [6, 6.07) is 0.892. The Morgan fingerprint density at radius 1 is 1.35 bits per heavy atom. The summed E-state index contributed by atoms with van der Waals surface area (Å²) in [5.74, 6) is -1.59. The first-order valence-electron chi connectivity index (χ1n) is 10.4. The zero-order chi connectivity index (χ0) is 24.8. The van der Waals surface area contributed by atoms with Gasteiger partial charge in [0.05, 0.1) is 12.3 Å². The first-order valence-corrected chi connectivity index (χ1v) is 13.7. The van der Waals surface area contributed by atoms with Crippen LogP contribution in [0.4, 0.5) is 0 Å². The second-order valence-corrected chi connectivity index (χ2v) is 13.1. The number of β-lactam (4-membered cyclic amide) rings is 1. The third-order valence-corrected chi connectivity index (χ3v) is 9.68. The minimum atomic E-state index is -3.78. The molecule has 2 fully saturated rings. The molecule has 2 saturated heterocycles. The number of rotatable bonds is 8. The maximum Gasteiger partial charge on any atom is 0.256 e. The number of hydrogen-bond acceptors (Lipinski definition) is 11. The number of hydrogen-bond donors (Lipinski definition) is 3. The fourth-order valence-electron chi connectivity index (χ4n) is 4.01. The van der Waals surface area contributed by atoms with Crippen LogP contribution in [0.2, 0.25) is 0 Å². The summed E-state index contributed by atoms with van der Waals surface area (Å²) >= 11 is 2.70. The number of carbonyl (C=O) groups is 3. The number of amides is 3. The number of aromatic nitrogens is 4. The second-order valence-electron chi connectivity index (χ2n) is 8.25. The molecule has 0 spiro atoms. The molecule has 4 atom stereocenters. The molecule has 34 heavy (non-hydrogen) atoms. The molecular formula is C18H24N8O5S3. The molecule has 4 rings (SSSR count). The van der Waals surface area contributed by atoms with E-state index in [0.29, 0.717) is 4.88 Å². The van der Waals surface area contributed by atoms with Gasteiger partial charge in [0.2, 0.25) is 17.7 Å². The number of nitrogens with one attached hydrogen (secondary N) is 2. The third kappa shape index (κ3) is 4.08. The fraction of sp³-hybridized carbons (Fsp3) is 0.556. The van der Waals surface area contributed by atoms with E-state index in [9.17, 15) is 22.8 Å². The Kier molecular flexibility index (Phi) is 6.43. The molecule has 0 radical (unpaired) electrons. The number of tetrazole rings is 1. The molecule has 0 saturated carbocycles. The Morgan fingerprint density at radius 3 is 2.71 bits per heavy atom. The van der Waals surface area contributed by atoms with E-state index < -0.39 is 50.1 Å². The van der Waals surface area contributed by atoms with Gasteiger partial charge in [0.1, 0.15) is 23.5 Å². The molecule has 3 amide bonds. The van der Waals surface area contributed by atoms with Crippen molar-refractivity contribution in [3.63, 3.8) is 0 Å². The van der Waals surface area contributed by atoms with Gasteiger partial charge >= 0.3 is 0 Å². The van der Waals surface area contributed by atoms with Crippen LogP contribution in [0.1, 0.15) is 43.6 Å². The van der Waals surface area contributed by atoms with Crippen LogP contribution >= 0.6 is 23.1 Å². The van der Waals surface area contributed by atoms with E-state index >= 15 is 0 Å². The molecule has 0 aromatic carbocycles. The standard InChI is InChI=1S/C18H24N8O5S3/c1-4-34(30,31)26-14(22-23-24-26)13-18(2,3)33-17-12(16(29)25(13)17)21-15(28)11(20-10(27)8-19)9-6-5-7-32-9/h5-7,11-13,17H,4,8,19H2,1-3H3,(H,20,27)(H,21,28)/t11?,12?,13?,17-/m0/s1. The minimum absolute atomic E-state index is 0.0478. The molecular weight excluding hydrogens is 504 g/mol. The summed E-state index contributed by atoms with van der Waals surface area (Å²) in [7, 11) is -3.78. The number of carbonyl (C=O) groups excluding carboxylic acids is 3. The molecule has 0 bridgehead atoms. The largest absolute Gasteiger partial charge is 0.340 e. The smallest absolute Gasteiger partial charge is 0.256 e. The SMILES string of the molecule is CCS(=O)(=O)n1nnnc1C1N2C(=O)C(NC(=O)C(NC(=O)CN)c3cccs3)[C@@H]2SC1(C)C. The van der Waals surface area contributed by atoms with Crippen molar-refractivity contribution >= 4 is 50.8 Å². The first kappa shape index (κ1) is 24.6. The van der Waals surface area contributed by atoms with Crippen molar-refractivity contribution in [1.82, 2.24) is 35.1 Å². The van der Waals surface area contributed by atoms with Gasteiger partial charge < -0.3 is 21.3 Å². The predicted molar refractivity (Wildman–Crippen MR) is 124 cm³/mol. The van der Waals surface area contributed by atoms with Crippen molar-refractivity contribution in [1.29, 1.82) is 0 Å². The maximum atomic E-state index is 13.2. The van der Waals surface area contributed by atoms with Crippen LogP contribution in [-0.2, 0) is 24.4 Å². The zero-order valence-corrected chi connectivity index (χ0v) is 21.0. The quantitative estimate of drug-likeness (QED) is 0.358. The van der Waals surface area contributed by atoms with E-state index in [0.717, 1.165) is 4.09 Å². The van der Waals surface area contributed by atoms with Gasteiger partial charge in [-0.25, -0.2) is 8.42 Å². The molecule has 184 valence electrons.